The first kappa shape index (κ1) is 25.2. The van der Waals surface area contributed by atoms with Crippen LogP contribution < -0.4 is 24.5 Å². The molecule has 0 spiro atoms. The van der Waals surface area contributed by atoms with Gasteiger partial charge >= 0.3 is 0 Å². The Kier molecular flexibility index (Phi) is 7.66. The molecule has 1 aromatic heterocycles. The van der Waals surface area contributed by atoms with E-state index in [1.807, 2.05) is 18.2 Å². The lowest BCUT2D eigenvalue weighted by molar-refractivity contribution is 0.103. The fourth-order valence-corrected chi connectivity index (χ4v) is 3.82. The monoisotopic (exact) mass is 478 g/mol. The number of hydrogen-bond donors (Lipinski definition) is 1. The molecule has 0 bridgehead atoms. The number of hydrogen-bond acceptors (Lipinski definition) is 8. The van der Waals surface area contributed by atoms with E-state index >= 15 is 0 Å². The fraction of sp³-hybridized carbons (Fsp3) is 0.269. The van der Waals surface area contributed by atoms with E-state index in [1.54, 1.807) is 19.2 Å². The number of methoxy groups -OCH3 is 4. The molecule has 0 unspecified atom stereocenters. The van der Waals surface area contributed by atoms with Crippen LogP contribution in [0.25, 0.3) is 0 Å². The Morgan fingerprint density at radius 3 is 2.09 bits per heavy atom. The second-order valence-corrected chi connectivity index (χ2v) is 7.61. The van der Waals surface area contributed by atoms with Crippen molar-refractivity contribution in [3.63, 3.8) is 0 Å². The number of benzene rings is 2. The van der Waals surface area contributed by atoms with Gasteiger partial charge in [-0.25, -0.2) is 0 Å². The Morgan fingerprint density at radius 2 is 1.60 bits per heavy atom. The third kappa shape index (κ3) is 4.77. The molecule has 0 saturated carbocycles. The summed E-state index contributed by atoms with van der Waals surface area (Å²) in [5.41, 5.74) is 0.0706. The SMILES string of the molecule is COc1ccc(CCn2c(O)c(C(=O)c3cc(OC)c(OC)c(OC)c3)c(C)c(C#N)c2=O)cc1. The lowest BCUT2D eigenvalue weighted by Gasteiger charge is -2.17. The van der Waals surface area contributed by atoms with Gasteiger partial charge in [0, 0.05) is 12.1 Å². The highest BCUT2D eigenvalue weighted by Crippen LogP contribution is 2.39. The summed E-state index contributed by atoms with van der Waals surface area (Å²) in [6, 6.07) is 12.0. The van der Waals surface area contributed by atoms with Gasteiger partial charge < -0.3 is 24.1 Å². The van der Waals surface area contributed by atoms with Crippen LogP contribution in [0.2, 0.25) is 0 Å². The van der Waals surface area contributed by atoms with Crippen molar-refractivity contribution in [1.29, 1.82) is 5.26 Å². The Morgan fingerprint density at radius 1 is 1.00 bits per heavy atom. The molecule has 0 aliphatic carbocycles. The van der Waals surface area contributed by atoms with Crippen molar-refractivity contribution in [3.05, 3.63) is 74.6 Å². The zero-order valence-corrected chi connectivity index (χ0v) is 20.2. The Balaban J connectivity index is 2.11. The van der Waals surface area contributed by atoms with Gasteiger partial charge in [0.25, 0.3) is 5.56 Å². The van der Waals surface area contributed by atoms with Gasteiger partial charge in [-0.1, -0.05) is 12.1 Å². The molecule has 1 N–H and O–H groups in total. The van der Waals surface area contributed by atoms with Crippen LogP contribution in [-0.4, -0.2) is 43.9 Å². The summed E-state index contributed by atoms with van der Waals surface area (Å²) in [6.45, 7) is 1.51. The number of rotatable bonds is 9. The van der Waals surface area contributed by atoms with E-state index in [1.165, 1.54) is 40.4 Å². The summed E-state index contributed by atoms with van der Waals surface area (Å²) in [4.78, 5) is 26.5. The average Bonchev–Trinajstić information content (AvgIpc) is 2.88. The second-order valence-electron chi connectivity index (χ2n) is 7.61. The maximum absolute atomic E-state index is 13.5. The largest absolute Gasteiger partial charge is 0.497 e. The van der Waals surface area contributed by atoms with Gasteiger partial charge in [-0.3, -0.25) is 14.2 Å². The maximum atomic E-state index is 13.5. The number of ether oxygens (including phenoxy) is 4. The Labute approximate surface area is 202 Å². The smallest absolute Gasteiger partial charge is 0.271 e. The van der Waals surface area contributed by atoms with Crippen molar-refractivity contribution in [2.45, 2.75) is 19.9 Å². The number of aromatic nitrogens is 1. The van der Waals surface area contributed by atoms with Crippen molar-refractivity contribution >= 4 is 5.78 Å². The van der Waals surface area contributed by atoms with Gasteiger partial charge in [-0.15, -0.1) is 0 Å². The maximum Gasteiger partial charge on any atom is 0.271 e. The van der Waals surface area contributed by atoms with Crippen LogP contribution in [0.4, 0.5) is 0 Å². The zero-order chi connectivity index (χ0) is 25.7. The molecular formula is C26H26N2O7. The highest BCUT2D eigenvalue weighted by atomic mass is 16.5. The topological polar surface area (TPSA) is 120 Å². The molecule has 0 saturated heterocycles. The van der Waals surface area contributed by atoms with E-state index in [4.69, 9.17) is 18.9 Å². The van der Waals surface area contributed by atoms with Gasteiger partial charge in [0.15, 0.2) is 17.3 Å². The molecule has 182 valence electrons. The predicted molar refractivity (Wildman–Crippen MR) is 128 cm³/mol. The average molecular weight is 479 g/mol. The normalized spacial score (nSPS) is 10.4. The van der Waals surface area contributed by atoms with Crippen molar-refractivity contribution in [1.82, 2.24) is 4.57 Å². The summed E-state index contributed by atoms with van der Waals surface area (Å²) < 4.78 is 22.1. The van der Waals surface area contributed by atoms with Crippen LogP contribution in [0.15, 0.2) is 41.2 Å². The van der Waals surface area contributed by atoms with Crippen LogP contribution >= 0.6 is 0 Å². The van der Waals surface area contributed by atoms with Crippen molar-refractivity contribution in [2.75, 3.05) is 28.4 Å². The van der Waals surface area contributed by atoms with E-state index in [9.17, 15) is 20.0 Å². The van der Waals surface area contributed by atoms with Crippen molar-refractivity contribution in [3.8, 4) is 34.9 Å². The van der Waals surface area contributed by atoms with Gasteiger partial charge in [-0.05, 0) is 48.7 Å². The molecule has 3 rings (SSSR count). The van der Waals surface area contributed by atoms with E-state index in [0.717, 1.165) is 10.1 Å². The number of aryl methyl sites for hydroxylation is 1. The predicted octanol–water partition coefficient (Wildman–Crippen LogP) is 3.24. The van der Waals surface area contributed by atoms with Gasteiger partial charge in [-0.2, -0.15) is 5.26 Å². The van der Waals surface area contributed by atoms with Crippen LogP contribution in [-0.2, 0) is 13.0 Å². The van der Waals surface area contributed by atoms with Gasteiger partial charge in [0.2, 0.25) is 11.6 Å². The highest BCUT2D eigenvalue weighted by molar-refractivity contribution is 6.12. The molecule has 1 heterocycles. The summed E-state index contributed by atoms with van der Waals surface area (Å²) >= 11 is 0. The number of ketones is 1. The molecule has 3 aromatic rings. The minimum Gasteiger partial charge on any atom is -0.497 e. The molecule has 9 nitrogen and oxygen atoms in total. The lowest BCUT2D eigenvalue weighted by atomic mass is 9.96. The van der Waals surface area contributed by atoms with Gasteiger partial charge in [0.1, 0.15) is 17.4 Å². The number of carbonyl (C=O) groups excluding carboxylic acids is 1. The number of carbonyl (C=O) groups is 1. The van der Waals surface area contributed by atoms with Crippen LogP contribution in [0.1, 0.15) is 32.6 Å². The minimum absolute atomic E-state index is 0.0570. The summed E-state index contributed by atoms with van der Waals surface area (Å²) in [5, 5.41) is 20.7. The Hall–Kier alpha value is -4.45. The van der Waals surface area contributed by atoms with Crippen LogP contribution in [0, 0.1) is 18.3 Å². The van der Waals surface area contributed by atoms with E-state index in [2.05, 4.69) is 0 Å². The third-order valence-electron chi connectivity index (χ3n) is 5.74. The first-order chi connectivity index (χ1) is 16.8. The molecule has 9 heteroatoms. The Bertz CT molecular complexity index is 1330. The zero-order valence-electron chi connectivity index (χ0n) is 20.2. The van der Waals surface area contributed by atoms with Crippen molar-refractivity contribution < 1.29 is 28.8 Å². The summed E-state index contributed by atoms with van der Waals surface area (Å²) in [6.07, 6.45) is 0.378. The number of nitriles is 1. The molecule has 2 aromatic carbocycles. The molecule has 0 fully saturated rings. The number of pyridine rings is 1. The van der Waals surface area contributed by atoms with Crippen molar-refractivity contribution in [2.24, 2.45) is 0 Å². The van der Waals surface area contributed by atoms with Crippen LogP contribution in [0.3, 0.4) is 0 Å². The molecule has 0 atom stereocenters. The molecule has 0 amide bonds. The highest BCUT2D eigenvalue weighted by Gasteiger charge is 2.27. The second kappa shape index (κ2) is 10.7. The van der Waals surface area contributed by atoms with E-state index in [-0.39, 0.29) is 40.3 Å². The van der Waals surface area contributed by atoms with E-state index < -0.39 is 17.2 Å². The first-order valence-electron chi connectivity index (χ1n) is 10.6. The summed E-state index contributed by atoms with van der Waals surface area (Å²) in [7, 11) is 5.84. The molecular weight excluding hydrogens is 452 g/mol. The molecule has 0 aliphatic heterocycles. The third-order valence-corrected chi connectivity index (χ3v) is 5.74. The fourth-order valence-electron chi connectivity index (χ4n) is 3.82. The minimum atomic E-state index is -0.669. The molecule has 0 aliphatic rings. The number of aromatic hydroxyl groups is 1. The van der Waals surface area contributed by atoms with Gasteiger partial charge in [0.05, 0.1) is 34.0 Å². The lowest BCUT2D eigenvalue weighted by Crippen LogP contribution is -2.27. The standard InChI is InChI=1S/C26H26N2O7/c1-15-19(14-27)25(30)28(11-10-16-6-8-18(32-2)9-7-16)26(31)22(15)23(29)17-12-20(33-3)24(35-5)21(13-17)34-4/h6-9,12-13,31H,10-11H2,1-5H3. The quantitative estimate of drug-likeness (QED) is 0.466. The molecule has 35 heavy (non-hydrogen) atoms. The first-order valence-corrected chi connectivity index (χ1v) is 10.6. The van der Waals surface area contributed by atoms with Crippen LogP contribution in [0.5, 0.6) is 28.9 Å². The van der Waals surface area contributed by atoms with E-state index in [0.29, 0.717) is 17.9 Å². The molecule has 0 radical (unpaired) electrons. The number of nitrogens with zero attached hydrogens (tertiary/aromatic N) is 2. The summed E-state index contributed by atoms with van der Waals surface area (Å²) in [5.74, 6) is 0.373.